The number of aryl methyl sites for hydroxylation is 1. The molecule has 1 N–H and O–H groups in total. The lowest BCUT2D eigenvalue weighted by atomic mass is 10.3. The van der Waals surface area contributed by atoms with Gasteiger partial charge in [0.05, 0.1) is 36.6 Å². The van der Waals surface area contributed by atoms with Gasteiger partial charge in [0, 0.05) is 12.6 Å². The second-order valence-corrected chi connectivity index (χ2v) is 4.79. The molecule has 1 aromatic heterocycles. The smallest absolute Gasteiger partial charge is 0.317 e. The van der Waals surface area contributed by atoms with E-state index in [9.17, 15) is 9.18 Å². The molecule has 7 heteroatoms. The first kappa shape index (κ1) is 14.9. The first-order valence-corrected chi connectivity index (χ1v) is 6.43. The van der Waals surface area contributed by atoms with Gasteiger partial charge in [0.1, 0.15) is 11.6 Å². The number of aliphatic carboxylic acids is 1. The van der Waals surface area contributed by atoms with Crippen molar-refractivity contribution in [2.24, 2.45) is 0 Å². The van der Waals surface area contributed by atoms with Crippen LogP contribution in [0.1, 0.15) is 12.2 Å². The Morgan fingerprint density at radius 1 is 1.57 bits per heavy atom. The molecule has 110 valence electrons. The Morgan fingerprint density at radius 2 is 2.33 bits per heavy atom. The Labute approximate surface area is 121 Å². The lowest BCUT2D eigenvalue weighted by molar-refractivity contribution is -0.138. The van der Waals surface area contributed by atoms with E-state index in [4.69, 9.17) is 10.4 Å². The van der Waals surface area contributed by atoms with Crippen LogP contribution in [0.3, 0.4) is 0 Å². The van der Waals surface area contributed by atoms with Crippen LogP contribution in [0.4, 0.5) is 4.39 Å². The monoisotopic (exact) mass is 290 g/mol. The van der Waals surface area contributed by atoms with Crippen molar-refractivity contribution in [1.29, 1.82) is 5.26 Å². The zero-order valence-electron chi connectivity index (χ0n) is 11.6. The van der Waals surface area contributed by atoms with Gasteiger partial charge in [-0.2, -0.15) is 5.26 Å². The van der Waals surface area contributed by atoms with E-state index in [0.29, 0.717) is 30.9 Å². The third-order valence-electron chi connectivity index (χ3n) is 3.05. The van der Waals surface area contributed by atoms with Crippen molar-refractivity contribution in [3.8, 4) is 6.07 Å². The molecule has 0 unspecified atom stereocenters. The highest BCUT2D eigenvalue weighted by Gasteiger charge is 2.14. The van der Waals surface area contributed by atoms with Gasteiger partial charge in [0.25, 0.3) is 0 Å². The van der Waals surface area contributed by atoms with Crippen molar-refractivity contribution in [1.82, 2.24) is 14.5 Å². The zero-order valence-corrected chi connectivity index (χ0v) is 11.6. The number of fused-ring (bicyclic) bond motifs is 1. The van der Waals surface area contributed by atoms with Crippen LogP contribution >= 0.6 is 0 Å². The SMILES string of the molecule is CN(CC(=O)O)Cc1nc2cc(F)ccc2n1CCC#N. The summed E-state index contributed by atoms with van der Waals surface area (Å²) in [7, 11) is 1.67. The summed E-state index contributed by atoms with van der Waals surface area (Å²) in [5.41, 5.74) is 1.25. The second kappa shape index (κ2) is 6.33. The number of likely N-dealkylation sites (N-methyl/N-ethyl adjacent to an activating group) is 1. The van der Waals surface area contributed by atoms with Gasteiger partial charge >= 0.3 is 5.97 Å². The van der Waals surface area contributed by atoms with Gasteiger partial charge in [-0.05, 0) is 19.2 Å². The minimum absolute atomic E-state index is 0.115. The Hall–Kier alpha value is -2.46. The molecular formula is C14H15FN4O2. The minimum atomic E-state index is -0.928. The molecule has 0 saturated heterocycles. The van der Waals surface area contributed by atoms with Gasteiger partial charge in [-0.25, -0.2) is 9.37 Å². The average molecular weight is 290 g/mol. The largest absolute Gasteiger partial charge is 0.480 e. The Kier molecular flexibility index (Phi) is 4.50. The summed E-state index contributed by atoms with van der Waals surface area (Å²) in [5, 5.41) is 17.5. The Bertz CT molecular complexity index is 705. The molecule has 2 rings (SSSR count). The van der Waals surface area contributed by atoms with Crippen LogP contribution < -0.4 is 0 Å². The number of carboxylic acid groups (broad SMARTS) is 1. The highest BCUT2D eigenvalue weighted by atomic mass is 19.1. The molecule has 0 saturated carbocycles. The minimum Gasteiger partial charge on any atom is -0.480 e. The number of benzene rings is 1. The molecule has 0 aliphatic heterocycles. The fourth-order valence-electron chi connectivity index (χ4n) is 2.21. The molecule has 0 aliphatic carbocycles. The molecule has 0 bridgehead atoms. The molecular weight excluding hydrogens is 275 g/mol. The third kappa shape index (κ3) is 3.55. The van der Waals surface area contributed by atoms with E-state index in [1.54, 1.807) is 18.0 Å². The standard InChI is InChI=1S/C14H15FN4O2/c1-18(9-14(20)21)8-13-17-11-7-10(15)3-4-12(11)19(13)6-2-5-16/h3-4,7H,2,6,8-9H2,1H3,(H,20,21). The zero-order chi connectivity index (χ0) is 15.4. The number of carbonyl (C=O) groups is 1. The maximum Gasteiger partial charge on any atom is 0.317 e. The number of halogens is 1. The van der Waals surface area contributed by atoms with Gasteiger partial charge < -0.3 is 9.67 Å². The van der Waals surface area contributed by atoms with Crippen LogP contribution in [0.5, 0.6) is 0 Å². The summed E-state index contributed by atoms with van der Waals surface area (Å²) in [6.07, 6.45) is 0.304. The Morgan fingerprint density at radius 3 is 3.00 bits per heavy atom. The molecule has 1 aromatic carbocycles. The summed E-state index contributed by atoms with van der Waals surface area (Å²) >= 11 is 0. The van der Waals surface area contributed by atoms with Crippen LogP contribution in [0, 0.1) is 17.1 Å². The molecule has 0 aliphatic rings. The van der Waals surface area contributed by atoms with Crippen LogP contribution in [-0.4, -0.2) is 39.1 Å². The summed E-state index contributed by atoms with van der Waals surface area (Å²) in [4.78, 5) is 16.7. The number of nitrogens with zero attached hydrogens (tertiary/aromatic N) is 4. The van der Waals surface area contributed by atoms with Crippen LogP contribution in [0.2, 0.25) is 0 Å². The maximum absolute atomic E-state index is 13.3. The van der Waals surface area contributed by atoms with Crippen molar-refractivity contribution >= 4 is 17.0 Å². The third-order valence-corrected chi connectivity index (χ3v) is 3.05. The van der Waals surface area contributed by atoms with Gasteiger partial charge in [-0.3, -0.25) is 9.69 Å². The maximum atomic E-state index is 13.3. The lowest BCUT2D eigenvalue weighted by Gasteiger charge is -2.14. The molecule has 21 heavy (non-hydrogen) atoms. The average Bonchev–Trinajstić information content (AvgIpc) is 2.71. The fourth-order valence-corrected chi connectivity index (χ4v) is 2.21. The molecule has 0 radical (unpaired) electrons. The number of imidazole rings is 1. The second-order valence-electron chi connectivity index (χ2n) is 4.79. The van der Waals surface area contributed by atoms with Crippen molar-refractivity contribution in [2.75, 3.05) is 13.6 Å². The highest BCUT2D eigenvalue weighted by molar-refractivity contribution is 5.76. The van der Waals surface area contributed by atoms with Crippen molar-refractivity contribution in [2.45, 2.75) is 19.5 Å². The number of aromatic nitrogens is 2. The van der Waals surface area contributed by atoms with E-state index < -0.39 is 5.97 Å². The molecule has 0 atom stereocenters. The van der Waals surface area contributed by atoms with Crippen LogP contribution in [-0.2, 0) is 17.9 Å². The quantitative estimate of drug-likeness (QED) is 0.874. The summed E-state index contributed by atoms with van der Waals surface area (Å²) in [6.45, 7) is 0.638. The molecule has 1 heterocycles. The van der Waals surface area contributed by atoms with Crippen molar-refractivity contribution in [3.63, 3.8) is 0 Å². The molecule has 0 spiro atoms. The normalized spacial score (nSPS) is 11.0. The van der Waals surface area contributed by atoms with E-state index in [1.165, 1.54) is 12.1 Å². The van der Waals surface area contributed by atoms with E-state index in [0.717, 1.165) is 5.52 Å². The lowest BCUT2D eigenvalue weighted by Crippen LogP contribution is -2.26. The van der Waals surface area contributed by atoms with Gasteiger partial charge in [0.2, 0.25) is 0 Å². The topological polar surface area (TPSA) is 82.2 Å². The first-order valence-electron chi connectivity index (χ1n) is 6.43. The number of hydrogen-bond donors (Lipinski definition) is 1. The molecule has 2 aromatic rings. The number of carboxylic acids is 1. The van der Waals surface area contributed by atoms with Crippen molar-refractivity contribution < 1.29 is 14.3 Å². The summed E-state index contributed by atoms with van der Waals surface area (Å²) in [6, 6.07) is 6.36. The van der Waals surface area contributed by atoms with Crippen LogP contribution in [0.25, 0.3) is 11.0 Å². The van der Waals surface area contributed by atoms with E-state index in [2.05, 4.69) is 11.1 Å². The van der Waals surface area contributed by atoms with Gasteiger partial charge in [-0.15, -0.1) is 0 Å². The Balaban J connectivity index is 2.36. The van der Waals surface area contributed by atoms with E-state index >= 15 is 0 Å². The molecule has 6 nitrogen and oxygen atoms in total. The number of hydrogen-bond acceptors (Lipinski definition) is 4. The number of nitriles is 1. The molecule has 0 amide bonds. The van der Waals surface area contributed by atoms with E-state index in [1.807, 2.05) is 4.57 Å². The summed E-state index contributed by atoms with van der Waals surface area (Å²) in [5.74, 6) is -0.685. The van der Waals surface area contributed by atoms with Gasteiger partial charge in [-0.1, -0.05) is 0 Å². The summed E-state index contributed by atoms with van der Waals surface area (Å²) < 4.78 is 15.1. The first-order chi connectivity index (χ1) is 10.0. The molecule has 0 fully saturated rings. The van der Waals surface area contributed by atoms with Crippen LogP contribution in [0.15, 0.2) is 18.2 Å². The number of rotatable bonds is 6. The van der Waals surface area contributed by atoms with Crippen molar-refractivity contribution in [3.05, 3.63) is 29.8 Å². The predicted octanol–water partition coefficient (Wildman–Crippen LogP) is 1.61. The van der Waals surface area contributed by atoms with Gasteiger partial charge in [0.15, 0.2) is 0 Å². The highest BCUT2D eigenvalue weighted by Crippen LogP contribution is 2.19. The predicted molar refractivity (Wildman–Crippen MR) is 73.9 cm³/mol. The van der Waals surface area contributed by atoms with E-state index in [-0.39, 0.29) is 12.4 Å². The fraction of sp³-hybridized carbons (Fsp3) is 0.357.